The molecule has 2 aromatic heterocycles. The molecule has 0 unspecified atom stereocenters. The van der Waals surface area contributed by atoms with Gasteiger partial charge in [0.25, 0.3) is 11.1 Å². The predicted molar refractivity (Wildman–Crippen MR) is 128 cm³/mol. The van der Waals surface area contributed by atoms with Gasteiger partial charge < -0.3 is 15.0 Å². The second-order valence-electron chi connectivity index (χ2n) is 8.90. The Morgan fingerprint density at radius 2 is 1.53 bits per heavy atom. The van der Waals surface area contributed by atoms with E-state index in [0.717, 1.165) is 5.69 Å². The SMILES string of the molecule is CC(C)(C)c1[nH]cnc1/C=c1\[nH]c(=O)/c(=C/c2cccc(C(=O)c3cccc(F)c3)c2)[nH]c1=O. The van der Waals surface area contributed by atoms with E-state index in [1.165, 1.54) is 36.4 Å². The van der Waals surface area contributed by atoms with Gasteiger partial charge in [0.05, 0.1) is 12.0 Å². The van der Waals surface area contributed by atoms with Crippen LogP contribution in [-0.4, -0.2) is 25.7 Å². The van der Waals surface area contributed by atoms with Gasteiger partial charge in [0.1, 0.15) is 16.5 Å². The lowest BCUT2D eigenvalue weighted by Crippen LogP contribution is -2.46. The van der Waals surface area contributed by atoms with Crippen molar-refractivity contribution >= 4 is 17.9 Å². The van der Waals surface area contributed by atoms with E-state index in [4.69, 9.17) is 0 Å². The lowest BCUT2D eigenvalue weighted by Gasteiger charge is -2.16. The van der Waals surface area contributed by atoms with E-state index in [1.807, 2.05) is 20.8 Å². The Labute approximate surface area is 193 Å². The molecule has 0 aliphatic carbocycles. The van der Waals surface area contributed by atoms with Gasteiger partial charge in [-0.3, -0.25) is 14.4 Å². The number of carbonyl (C=O) groups excluding carboxylic acids is 1. The Bertz CT molecular complexity index is 1620. The van der Waals surface area contributed by atoms with Gasteiger partial charge in [-0.1, -0.05) is 51.1 Å². The Morgan fingerprint density at radius 3 is 2.18 bits per heavy atom. The van der Waals surface area contributed by atoms with Gasteiger partial charge in [0, 0.05) is 22.2 Å². The molecule has 0 spiro atoms. The van der Waals surface area contributed by atoms with Gasteiger partial charge in [0.2, 0.25) is 0 Å². The zero-order chi connectivity index (χ0) is 24.5. The second kappa shape index (κ2) is 8.90. The highest BCUT2D eigenvalue weighted by Gasteiger charge is 2.19. The van der Waals surface area contributed by atoms with Crippen LogP contribution >= 0.6 is 0 Å². The molecule has 0 fully saturated rings. The molecule has 0 aliphatic rings. The number of rotatable bonds is 4. The lowest BCUT2D eigenvalue weighted by atomic mass is 9.90. The minimum atomic E-state index is -0.501. The quantitative estimate of drug-likeness (QED) is 0.407. The number of carbonyl (C=O) groups is 1. The first-order valence-electron chi connectivity index (χ1n) is 10.6. The fourth-order valence-electron chi connectivity index (χ4n) is 3.58. The molecule has 7 nitrogen and oxygen atoms in total. The first kappa shape index (κ1) is 22.8. The minimum Gasteiger partial charge on any atom is -0.348 e. The third-order valence-electron chi connectivity index (χ3n) is 5.23. The van der Waals surface area contributed by atoms with Crippen LogP contribution < -0.4 is 21.8 Å². The Morgan fingerprint density at radius 1 is 0.912 bits per heavy atom. The largest absolute Gasteiger partial charge is 0.348 e. The van der Waals surface area contributed by atoms with Crippen LogP contribution in [0.25, 0.3) is 12.2 Å². The maximum absolute atomic E-state index is 13.5. The molecule has 0 atom stereocenters. The average Bonchev–Trinajstić information content (AvgIpc) is 3.26. The van der Waals surface area contributed by atoms with Gasteiger partial charge >= 0.3 is 0 Å². The Kier molecular flexibility index (Phi) is 5.98. The average molecular weight is 458 g/mol. The fraction of sp³-hybridized carbons (Fsp3) is 0.154. The summed E-state index contributed by atoms with van der Waals surface area (Å²) in [7, 11) is 0. The fourth-order valence-corrected chi connectivity index (χ4v) is 3.58. The molecule has 2 aromatic carbocycles. The van der Waals surface area contributed by atoms with Crippen LogP contribution in [0.2, 0.25) is 0 Å². The number of halogens is 1. The van der Waals surface area contributed by atoms with E-state index in [1.54, 1.807) is 30.6 Å². The molecule has 0 bridgehead atoms. The number of hydrogen-bond acceptors (Lipinski definition) is 4. The summed E-state index contributed by atoms with van der Waals surface area (Å²) in [6, 6.07) is 12.0. The smallest absolute Gasteiger partial charge is 0.272 e. The molecule has 4 rings (SSSR count). The summed E-state index contributed by atoms with van der Waals surface area (Å²) >= 11 is 0. The third-order valence-corrected chi connectivity index (χ3v) is 5.23. The molecule has 172 valence electrons. The molecule has 0 saturated carbocycles. The topological polar surface area (TPSA) is 111 Å². The first-order chi connectivity index (χ1) is 16.1. The highest BCUT2D eigenvalue weighted by atomic mass is 19.1. The van der Waals surface area contributed by atoms with Crippen LogP contribution in [0.15, 0.2) is 64.4 Å². The van der Waals surface area contributed by atoms with Crippen molar-refractivity contribution in [3.05, 3.63) is 120 Å². The molecule has 0 aliphatic heterocycles. The highest BCUT2D eigenvalue weighted by molar-refractivity contribution is 6.09. The molecule has 4 aromatic rings. The number of H-pyrrole nitrogens is 3. The van der Waals surface area contributed by atoms with Gasteiger partial charge in [-0.2, -0.15) is 0 Å². The number of nitrogens with zero attached hydrogens (tertiary/aromatic N) is 1. The minimum absolute atomic E-state index is 0.0376. The number of ketones is 1. The van der Waals surface area contributed by atoms with Crippen molar-refractivity contribution in [2.45, 2.75) is 26.2 Å². The highest BCUT2D eigenvalue weighted by Crippen LogP contribution is 2.22. The number of hydrogen-bond donors (Lipinski definition) is 3. The zero-order valence-corrected chi connectivity index (χ0v) is 18.9. The van der Waals surface area contributed by atoms with Crippen molar-refractivity contribution in [2.24, 2.45) is 0 Å². The molecule has 8 heteroatoms. The number of imidazole rings is 1. The number of aromatic nitrogens is 4. The second-order valence-corrected chi connectivity index (χ2v) is 8.90. The van der Waals surface area contributed by atoms with Gasteiger partial charge in [0.15, 0.2) is 5.78 Å². The van der Waals surface area contributed by atoms with Crippen LogP contribution in [0, 0.1) is 5.82 Å². The molecule has 0 saturated heterocycles. The standard InChI is InChI=1S/C26H23FN4O3/c1-26(2,3)23-19(28-14-29-23)13-21-25(34)30-20(24(33)31-21)11-15-6-4-7-16(10-15)22(32)17-8-5-9-18(27)12-17/h4-14H,1-3H3,(H,28,29)(H,30,34)(H,31,33)/b20-11-,21-13-. The van der Waals surface area contributed by atoms with E-state index < -0.39 is 16.9 Å². The predicted octanol–water partition coefficient (Wildman–Crippen LogP) is 2.11. The van der Waals surface area contributed by atoms with Crippen LogP contribution in [-0.2, 0) is 5.41 Å². The summed E-state index contributed by atoms with van der Waals surface area (Å²) in [4.78, 5) is 50.5. The van der Waals surface area contributed by atoms with E-state index in [-0.39, 0.29) is 27.5 Å². The van der Waals surface area contributed by atoms with Gasteiger partial charge in [-0.15, -0.1) is 0 Å². The van der Waals surface area contributed by atoms with Crippen molar-refractivity contribution in [1.82, 2.24) is 19.9 Å². The molecule has 3 N–H and O–H groups in total. The van der Waals surface area contributed by atoms with Gasteiger partial charge in [-0.05, 0) is 35.9 Å². The van der Waals surface area contributed by atoms with E-state index in [2.05, 4.69) is 19.9 Å². The van der Waals surface area contributed by atoms with Crippen LogP contribution in [0.1, 0.15) is 53.6 Å². The molecular formula is C26H23FN4O3. The van der Waals surface area contributed by atoms with Crippen molar-refractivity contribution < 1.29 is 9.18 Å². The lowest BCUT2D eigenvalue weighted by molar-refractivity contribution is 0.103. The number of benzene rings is 2. The number of aromatic amines is 3. The summed E-state index contributed by atoms with van der Waals surface area (Å²) in [5.74, 6) is -0.852. The van der Waals surface area contributed by atoms with Crippen molar-refractivity contribution in [3.63, 3.8) is 0 Å². The molecule has 0 radical (unpaired) electrons. The monoisotopic (exact) mass is 458 g/mol. The summed E-state index contributed by atoms with van der Waals surface area (Å²) in [6.07, 6.45) is 4.54. The van der Waals surface area contributed by atoms with Crippen molar-refractivity contribution in [3.8, 4) is 0 Å². The van der Waals surface area contributed by atoms with Gasteiger partial charge in [-0.25, -0.2) is 9.37 Å². The summed E-state index contributed by atoms with van der Waals surface area (Å²) in [5.41, 5.74) is 1.27. The molecule has 0 amide bonds. The Balaban J connectivity index is 1.73. The molecule has 2 heterocycles. The maximum Gasteiger partial charge on any atom is 0.272 e. The zero-order valence-electron chi connectivity index (χ0n) is 18.9. The maximum atomic E-state index is 13.5. The molecule has 34 heavy (non-hydrogen) atoms. The van der Waals surface area contributed by atoms with E-state index in [0.29, 0.717) is 16.8 Å². The normalized spacial score (nSPS) is 12.8. The van der Waals surface area contributed by atoms with Crippen molar-refractivity contribution in [2.75, 3.05) is 0 Å². The summed E-state index contributed by atoms with van der Waals surface area (Å²) < 4.78 is 13.5. The first-order valence-corrected chi connectivity index (χ1v) is 10.6. The summed E-state index contributed by atoms with van der Waals surface area (Å²) in [5, 5.41) is 0.116. The molecular weight excluding hydrogens is 435 g/mol. The van der Waals surface area contributed by atoms with Crippen molar-refractivity contribution in [1.29, 1.82) is 0 Å². The van der Waals surface area contributed by atoms with Crippen LogP contribution in [0.4, 0.5) is 4.39 Å². The van der Waals surface area contributed by atoms with E-state index in [9.17, 15) is 18.8 Å². The van der Waals surface area contributed by atoms with E-state index >= 15 is 0 Å². The third kappa shape index (κ3) is 4.85. The number of nitrogens with one attached hydrogen (secondary N) is 3. The van der Waals surface area contributed by atoms with Crippen LogP contribution in [0.3, 0.4) is 0 Å². The Hall–Kier alpha value is -4.33. The van der Waals surface area contributed by atoms with Crippen LogP contribution in [0.5, 0.6) is 0 Å². The summed E-state index contributed by atoms with van der Waals surface area (Å²) in [6.45, 7) is 6.03.